The summed E-state index contributed by atoms with van der Waals surface area (Å²) in [5.41, 5.74) is 11.8. The Balaban J connectivity index is 1.73. The first-order valence-electron chi connectivity index (χ1n) is 8.96. The maximum Gasteiger partial charge on any atom is 0.212 e. The van der Waals surface area contributed by atoms with Crippen molar-refractivity contribution in [3.8, 4) is 28.1 Å². The number of hydrogen-bond donors (Lipinski definition) is 2. The maximum absolute atomic E-state index is 11.2. The molecule has 0 aliphatic carbocycles. The second-order valence-corrected chi connectivity index (χ2v) is 7.69. The molecule has 1 atom stereocenters. The molecule has 4 aromatic rings. The van der Waals surface area contributed by atoms with E-state index < -0.39 is 11.0 Å². The summed E-state index contributed by atoms with van der Waals surface area (Å²) in [5, 5.41) is 6.35. The Morgan fingerprint density at radius 2 is 1.69 bits per heavy atom. The van der Waals surface area contributed by atoms with Crippen LogP contribution in [-0.2, 0) is 16.7 Å². The molecule has 1 unspecified atom stereocenters. The van der Waals surface area contributed by atoms with Crippen LogP contribution in [0, 0.1) is 0 Å². The largest absolute Gasteiger partial charge is 0.481 e. The molecule has 4 N–H and O–H groups in total. The van der Waals surface area contributed by atoms with Crippen molar-refractivity contribution in [3.63, 3.8) is 0 Å². The van der Waals surface area contributed by atoms with Crippen LogP contribution in [0.1, 0.15) is 5.56 Å². The number of anilines is 1. The molecule has 2 aromatic carbocycles. The Bertz CT molecular complexity index is 1190. The van der Waals surface area contributed by atoms with Crippen LogP contribution < -0.4 is 15.6 Å². The molecule has 0 fully saturated rings. The number of nitrogens with zero attached hydrogens (tertiary/aromatic N) is 2. The summed E-state index contributed by atoms with van der Waals surface area (Å²) in [7, 11) is 0.231. The molecule has 6 nitrogen and oxygen atoms in total. The van der Waals surface area contributed by atoms with Crippen LogP contribution in [0.25, 0.3) is 33.2 Å². The summed E-state index contributed by atoms with van der Waals surface area (Å²) in [6.07, 6.45) is 1.78. The van der Waals surface area contributed by atoms with E-state index in [0.717, 1.165) is 38.7 Å². The molecule has 4 rings (SSSR count). The first-order chi connectivity index (χ1) is 14.0. The topological polar surface area (TPSA) is 104 Å². The zero-order valence-electron chi connectivity index (χ0n) is 15.8. The quantitative estimate of drug-likeness (QED) is 0.528. The van der Waals surface area contributed by atoms with E-state index >= 15 is 0 Å². The van der Waals surface area contributed by atoms with Crippen LogP contribution in [0.2, 0.25) is 0 Å². The highest BCUT2D eigenvalue weighted by molar-refractivity contribution is 7.81. The first-order valence-corrected chi connectivity index (χ1v) is 10.3. The first kappa shape index (κ1) is 19.0. The summed E-state index contributed by atoms with van der Waals surface area (Å²) in [6, 6.07) is 19.6. The molecule has 2 heterocycles. The highest BCUT2D eigenvalue weighted by atomic mass is 32.2. The normalized spacial score (nSPS) is 12.1. The number of fused-ring (bicyclic) bond motifs is 1. The molecular weight excluding hydrogens is 384 g/mol. The summed E-state index contributed by atoms with van der Waals surface area (Å²) in [5.74, 6) is 1.37. The summed E-state index contributed by atoms with van der Waals surface area (Å²) < 4.78 is 16.3. The van der Waals surface area contributed by atoms with Gasteiger partial charge < -0.3 is 10.5 Å². The number of nitrogen functional groups attached to an aromatic ring is 1. The summed E-state index contributed by atoms with van der Waals surface area (Å²) in [4.78, 5) is 8.83. The zero-order chi connectivity index (χ0) is 20.4. The van der Waals surface area contributed by atoms with Gasteiger partial charge in [-0.15, -0.1) is 0 Å². The molecule has 0 amide bonds. The molecule has 29 heavy (non-hydrogen) atoms. The minimum atomic E-state index is -1.36. The minimum absolute atomic E-state index is 0.324. The Morgan fingerprint density at radius 3 is 2.34 bits per heavy atom. The van der Waals surface area contributed by atoms with Crippen LogP contribution in [0.15, 0.2) is 66.9 Å². The highest BCUT2D eigenvalue weighted by Gasteiger charge is 2.09. The van der Waals surface area contributed by atoms with Gasteiger partial charge in [0.2, 0.25) is 5.88 Å². The number of methoxy groups -OCH3 is 1. The predicted molar refractivity (Wildman–Crippen MR) is 117 cm³/mol. The molecule has 0 bridgehead atoms. The molecule has 146 valence electrons. The van der Waals surface area contributed by atoms with Gasteiger partial charge in [0.1, 0.15) is 5.82 Å². The van der Waals surface area contributed by atoms with E-state index in [1.165, 1.54) is 0 Å². The number of benzene rings is 2. The second-order valence-electron chi connectivity index (χ2n) is 6.64. The molecule has 2 aromatic heterocycles. The second kappa shape index (κ2) is 7.98. The zero-order valence-corrected chi connectivity index (χ0v) is 16.6. The highest BCUT2D eigenvalue weighted by Crippen LogP contribution is 2.31. The van der Waals surface area contributed by atoms with E-state index in [-0.39, 0.29) is 0 Å². The molecular formula is C22H20N4O2S. The Hall–Kier alpha value is -3.29. The lowest BCUT2D eigenvalue weighted by molar-refractivity contribution is 0.398. The van der Waals surface area contributed by atoms with Crippen LogP contribution in [-0.4, -0.2) is 21.3 Å². The summed E-state index contributed by atoms with van der Waals surface area (Å²) >= 11 is 0. The predicted octanol–water partition coefficient (Wildman–Crippen LogP) is 3.68. The number of ether oxygens (including phenoxy) is 1. The fraction of sp³-hybridized carbons (Fsp3) is 0.0909. The van der Waals surface area contributed by atoms with E-state index in [1.54, 1.807) is 13.3 Å². The molecule has 0 radical (unpaired) electrons. The number of hydrogen-bond acceptors (Lipinski definition) is 5. The number of nitrogens with two attached hydrogens (primary N) is 2. The lowest BCUT2D eigenvalue weighted by atomic mass is 10.0. The lowest BCUT2D eigenvalue weighted by Crippen LogP contribution is -2.05. The minimum Gasteiger partial charge on any atom is -0.481 e. The third-order valence-corrected chi connectivity index (χ3v) is 5.31. The number of pyridine rings is 2. The van der Waals surface area contributed by atoms with Crippen LogP contribution in [0.4, 0.5) is 5.82 Å². The van der Waals surface area contributed by atoms with Gasteiger partial charge in [0.25, 0.3) is 0 Å². The van der Waals surface area contributed by atoms with Gasteiger partial charge in [-0.2, -0.15) is 0 Å². The van der Waals surface area contributed by atoms with Crippen molar-refractivity contribution in [1.82, 2.24) is 9.97 Å². The van der Waals surface area contributed by atoms with Crippen molar-refractivity contribution in [2.45, 2.75) is 5.75 Å². The number of rotatable bonds is 5. The molecule has 0 aliphatic heterocycles. The monoisotopic (exact) mass is 404 g/mol. The summed E-state index contributed by atoms with van der Waals surface area (Å²) in [6.45, 7) is 0. The smallest absolute Gasteiger partial charge is 0.212 e. The molecule has 7 heteroatoms. The molecule has 0 saturated heterocycles. The third-order valence-electron chi connectivity index (χ3n) is 4.70. The van der Waals surface area contributed by atoms with E-state index in [0.29, 0.717) is 17.5 Å². The van der Waals surface area contributed by atoms with Gasteiger partial charge >= 0.3 is 0 Å². The Kier molecular flexibility index (Phi) is 5.24. The third kappa shape index (κ3) is 4.11. The molecule has 0 spiro atoms. The average Bonchev–Trinajstić information content (AvgIpc) is 2.73. The van der Waals surface area contributed by atoms with Crippen molar-refractivity contribution in [1.29, 1.82) is 0 Å². The lowest BCUT2D eigenvalue weighted by Gasteiger charge is -2.10. The molecule has 0 saturated carbocycles. The van der Waals surface area contributed by atoms with Gasteiger partial charge in [0.05, 0.1) is 29.4 Å². The van der Waals surface area contributed by atoms with E-state index in [9.17, 15) is 4.21 Å². The Labute approximate surface area is 171 Å². The van der Waals surface area contributed by atoms with Gasteiger partial charge in [-0.05, 0) is 41.0 Å². The molecule has 0 aliphatic rings. The van der Waals surface area contributed by atoms with Crippen molar-refractivity contribution in [2.75, 3.05) is 12.8 Å². The van der Waals surface area contributed by atoms with Gasteiger partial charge in [0, 0.05) is 28.8 Å². The van der Waals surface area contributed by atoms with Crippen molar-refractivity contribution >= 4 is 27.7 Å². The van der Waals surface area contributed by atoms with Gasteiger partial charge in [-0.25, -0.2) is 14.2 Å². The fourth-order valence-corrected chi connectivity index (χ4v) is 3.74. The van der Waals surface area contributed by atoms with Crippen LogP contribution >= 0.6 is 0 Å². The van der Waals surface area contributed by atoms with Crippen molar-refractivity contribution < 1.29 is 8.95 Å². The van der Waals surface area contributed by atoms with Crippen LogP contribution in [0.3, 0.4) is 0 Å². The SMILES string of the molecule is COc1ccc(-c2ccc3nc(N)c(-c4ccc(CS(N)=O)cc4)cc3c2)cn1. The fourth-order valence-electron chi connectivity index (χ4n) is 3.22. The average molecular weight is 404 g/mol. The number of aromatic nitrogens is 2. The van der Waals surface area contributed by atoms with E-state index in [4.69, 9.17) is 15.6 Å². The van der Waals surface area contributed by atoms with Gasteiger partial charge in [-0.1, -0.05) is 30.3 Å². The standard InChI is InChI=1S/C22H20N4O2S/c1-28-21-9-7-17(12-25-21)16-6-8-20-18(10-16)11-19(22(23)26-20)15-4-2-14(3-5-15)13-29(24)27/h2-12H,13,24H2,1H3,(H2,23,26). The van der Waals surface area contributed by atoms with E-state index in [2.05, 4.69) is 16.0 Å². The van der Waals surface area contributed by atoms with E-state index in [1.807, 2.05) is 54.6 Å². The maximum atomic E-state index is 11.2. The van der Waals surface area contributed by atoms with Crippen molar-refractivity contribution in [2.24, 2.45) is 5.14 Å². The Morgan fingerprint density at radius 1 is 0.966 bits per heavy atom. The van der Waals surface area contributed by atoms with Crippen molar-refractivity contribution in [3.05, 3.63) is 72.4 Å². The van der Waals surface area contributed by atoms with Gasteiger partial charge in [-0.3, -0.25) is 5.14 Å². The van der Waals surface area contributed by atoms with Crippen LogP contribution in [0.5, 0.6) is 5.88 Å². The van der Waals surface area contributed by atoms with Gasteiger partial charge in [0.15, 0.2) is 0 Å².